The molecule has 2 rings (SSSR count). The van der Waals surface area contributed by atoms with Crippen LogP contribution in [0.5, 0.6) is 0 Å². The van der Waals surface area contributed by atoms with Crippen molar-refractivity contribution in [2.75, 3.05) is 0 Å². The molecule has 0 bridgehead atoms. The summed E-state index contributed by atoms with van der Waals surface area (Å²) in [4.78, 5) is 0. The molecule has 0 nitrogen and oxygen atoms in total. The van der Waals surface area contributed by atoms with Gasteiger partial charge < -0.3 is 0 Å². The highest BCUT2D eigenvalue weighted by molar-refractivity contribution is 5.39. The second kappa shape index (κ2) is 13.3. The molecule has 0 unspecified atom stereocenters. The van der Waals surface area contributed by atoms with E-state index in [1.807, 2.05) is 12.2 Å². The van der Waals surface area contributed by atoms with E-state index in [0.29, 0.717) is 5.92 Å². The van der Waals surface area contributed by atoms with Gasteiger partial charge in [0.25, 0.3) is 0 Å². The van der Waals surface area contributed by atoms with Gasteiger partial charge in [0.2, 0.25) is 0 Å². The van der Waals surface area contributed by atoms with E-state index < -0.39 is 0 Å². The Morgan fingerprint density at radius 1 is 0.852 bits per heavy atom. The Bertz CT molecular complexity index is 661. The molecule has 0 saturated heterocycles. The Balaban J connectivity index is 1.70. The molecule has 0 N–H and O–H groups in total. The minimum Gasteiger partial charge on any atom is -0.0951 e. The molecule has 1 aromatic rings. The van der Waals surface area contributed by atoms with E-state index in [2.05, 4.69) is 61.8 Å². The molecule has 1 aliphatic carbocycles. The van der Waals surface area contributed by atoms with Crippen LogP contribution >= 0.6 is 0 Å². The fourth-order valence-electron chi connectivity index (χ4n) is 3.80. The number of rotatable bonds is 7. The summed E-state index contributed by atoms with van der Waals surface area (Å²) in [6.45, 7) is 4.53. The normalized spacial score (nSPS) is 19.2. The SMILES string of the molecule is CCCCCc1ccc(C#C/C=C/C#C[C@H]2CC[C@H](CCCC)CC2)cc1. The van der Waals surface area contributed by atoms with Crippen LogP contribution in [0.4, 0.5) is 0 Å². The van der Waals surface area contributed by atoms with Gasteiger partial charge in [-0.25, -0.2) is 0 Å². The highest BCUT2D eigenvalue weighted by Crippen LogP contribution is 2.31. The summed E-state index contributed by atoms with van der Waals surface area (Å²) in [5.41, 5.74) is 2.50. The van der Waals surface area contributed by atoms with Gasteiger partial charge in [0, 0.05) is 11.5 Å². The number of aryl methyl sites for hydroxylation is 1. The van der Waals surface area contributed by atoms with E-state index in [4.69, 9.17) is 0 Å². The standard InChI is InChI=1S/C27H36/c1-3-5-9-13-25-20-22-27(23-21-25)15-11-8-7-10-14-26-18-16-24(17-19-26)12-6-4-2/h7-8,20-24,26H,3-6,9,12-13,16-19H2,1-2H3/b8-7+/t24-,26-. The summed E-state index contributed by atoms with van der Waals surface area (Å²) in [5.74, 6) is 14.5. The smallest absolute Gasteiger partial charge is 0.0249 e. The Hall–Kier alpha value is -1.92. The zero-order valence-electron chi connectivity index (χ0n) is 17.4. The molecule has 0 radical (unpaired) electrons. The molecule has 0 spiro atoms. The topological polar surface area (TPSA) is 0 Å². The van der Waals surface area contributed by atoms with Crippen molar-refractivity contribution in [3.8, 4) is 23.7 Å². The molecule has 1 aromatic carbocycles. The van der Waals surface area contributed by atoms with E-state index in [-0.39, 0.29) is 0 Å². The van der Waals surface area contributed by atoms with Gasteiger partial charge >= 0.3 is 0 Å². The van der Waals surface area contributed by atoms with Gasteiger partial charge in [-0.1, -0.05) is 81.8 Å². The van der Waals surface area contributed by atoms with Crippen LogP contribution in [0.25, 0.3) is 0 Å². The van der Waals surface area contributed by atoms with E-state index in [1.54, 1.807) is 0 Å². The first kappa shape index (κ1) is 21.4. The van der Waals surface area contributed by atoms with Crippen molar-refractivity contribution < 1.29 is 0 Å². The van der Waals surface area contributed by atoms with Gasteiger partial charge in [-0.15, -0.1) is 0 Å². The molecule has 1 fully saturated rings. The lowest BCUT2D eigenvalue weighted by Crippen LogP contribution is -2.13. The predicted molar refractivity (Wildman–Crippen MR) is 118 cm³/mol. The summed E-state index contributed by atoms with van der Waals surface area (Å²) in [7, 11) is 0. The van der Waals surface area contributed by atoms with Crippen molar-refractivity contribution in [3.63, 3.8) is 0 Å². The van der Waals surface area contributed by atoms with Crippen LogP contribution in [0.15, 0.2) is 36.4 Å². The molecule has 0 atom stereocenters. The first-order chi connectivity index (χ1) is 13.3. The van der Waals surface area contributed by atoms with Gasteiger partial charge in [-0.05, 0) is 74.3 Å². The molecule has 0 aliphatic heterocycles. The maximum atomic E-state index is 3.42. The third-order valence-electron chi connectivity index (χ3n) is 5.59. The van der Waals surface area contributed by atoms with Gasteiger partial charge in [0.1, 0.15) is 0 Å². The van der Waals surface area contributed by atoms with Gasteiger partial charge in [0.05, 0.1) is 0 Å². The summed E-state index contributed by atoms with van der Waals surface area (Å²) >= 11 is 0. The fraction of sp³-hybridized carbons (Fsp3) is 0.556. The van der Waals surface area contributed by atoms with E-state index in [1.165, 1.54) is 76.2 Å². The molecular formula is C27H36. The molecule has 144 valence electrons. The van der Waals surface area contributed by atoms with E-state index in [9.17, 15) is 0 Å². The minimum absolute atomic E-state index is 0.598. The lowest BCUT2D eigenvalue weighted by molar-refractivity contribution is 0.296. The summed E-state index contributed by atoms with van der Waals surface area (Å²) in [6.07, 6.45) is 18.3. The number of unbranched alkanes of at least 4 members (excludes halogenated alkanes) is 3. The largest absolute Gasteiger partial charge is 0.0951 e. The Kier molecular flexibility index (Phi) is 10.5. The molecule has 0 heterocycles. The second-order valence-corrected chi connectivity index (χ2v) is 7.91. The maximum Gasteiger partial charge on any atom is 0.0249 e. The highest BCUT2D eigenvalue weighted by atomic mass is 14.2. The van der Waals surface area contributed by atoms with Crippen molar-refractivity contribution in [2.24, 2.45) is 11.8 Å². The minimum atomic E-state index is 0.598. The zero-order chi connectivity index (χ0) is 19.2. The van der Waals surface area contributed by atoms with Crippen LogP contribution in [0.3, 0.4) is 0 Å². The molecule has 1 aliphatic rings. The second-order valence-electron chi connectivity index (χ2n) is 7.91. The Labute approximate surface area is 167 Å². The van der Waals surface area contributed by atoms with Crippen LogP contribution in [0, 0.1) is 35.5 Å². The number of hydrogen-bond donors (Lipinski definition) is 0. The van der Waals surface area contributed by atoms with Crippen LogP contribution in [0.1, 0.15) is 89.2 Å². The van der Waals surface area contributed by atoms with Crippen molar-refractivity contribution in [3.05, 3.63) is 47.5 Å². The zero-order valence-corrected chi connectivity index (χ0v) is 17.4. The highest BCUT2D eigenvalue weighted by Gasteiger charge is 2.18. The predicted octanol–water partition coefficient (Wildman–Crippen LogP) is 7.33. The molecule has 0 amide bonds. The quantitative estimate of drug-likeness (QED) is 0.353. The first-order valence-corrected chi connectivity index (χ1v) is 11.1. The average Bonchev–Trinajstić information content (AvgIpc) is 2.71. The lowest BCUT2D eigenvalue weighted by Gasteiger charge is -2.25. The summed E-state index contributed by atoms with van der Waals surface area (Å²) in [5, 5.41) is 0. The van der Waals surface area contributed by atoms with Crippen LogP contribution in [-0.2, 0) is 6.42 Å². The van der Waals surface area contributed by atoms with Gasteiger partial charge in [0.15, 0.2) is 0 Å². The van der Waals surface area contributed by atoms with Crippen LogP contribution < -0.4 is 0 Å². The van der Waals surface area contributed by atoms with Crippen molar-refractivity contribution in [2.45, 2.75) is 84.5 Å². The van der Waals surface area contributed by atoms with Crippen molar-refractivity contribution >= 4 is 0 Å². The molecule has 0 aromatic heterocycles. The molecular weight excluding hydrogens is 324 g/mol. The third kappa shape index (κ3) is 9.02. The Morgan fingerprint density at radius 2 is 1.56 bits per heavy atom. The van der Waals surface area contributed by atoms with Gasteiger partial charge in [-0.2, -0.15) is 0 Å². The third-order valence-corrected chi connectivity index (χ3v) is 5.59. The average molecular weight is 361 g/mol. The maximum absolute atomic E-state index is 3.42. The van der Waals surface area contributed by atoms with Crippen LogP contribution in [-0.4, -0.2) is 0 Å². The summed E-state index contributed by atoms with van der Waals surface area (Å²) < 4.78 is 0. The number of benzene rings is 1. The van der Waals surface area contributed by atoms with E-state index in [0.717, 1.165) is 11.5 Å². The fourth-order valence-corrected chi connectivity index (χ4v) is 3.80. The monoisotopic (exact) mass is 360 g/mol. The molecule has 1 saturated carbocycles. The number of allylic oxidation sites excluding steroid dienone is 2. The van der Waals surface area contributed by atoms with Crippen molar-refractivity contribution in [1.29, 1.82) is 0 Å². The number of hydrogen-bond acceptors (Lipinski definition) is 0. The van der Waals surface area contributed by atoms with Crippen molar-refractivity contribution in [1.82, 2.24) is 0 Å². The molecule has 0 heteroatoms. The lowest BCUT2D eigenvalue weighted by atomic mass is 9.80. The van der Waals surface area contributed by atoms with E-state index >= 15 is 0 Å². The summed E-state index contributed by atoms with van der Waals surface area (Å²) in [6, 6.07) is 8.68. The first-order valence-electron chi connectivity index (χ1n) is 11.1. The Morgan fingerprint density at radius 3 is 2.26 bits per heavy atom. The van der Waals surface area contributed by atoms with Crippen LogP contribution in [0.2, 0.25) is 0 Å². The molecule has 27 heavy (non-hydrogen) atoms. The van der Waals surface area contributed by atoms with Gasteiger partial charge in [-0.3, -0.25) is 0 Å².